The summed E-state index contributed by atoms with van der Waals surface area (Å²) in [5.41, 5.74) is -4.39. The first-order valence-corrected chi connectivity index (χ1v) is 9.26. The number of alkyl halides is 3. The highest BCUT2D eigenvalue weighted by atomic mass is 32.2. The van der Waals surface area contributed by atoms with Crippen LogP contribution in [0.25, 0.3) is 16.6 Å². The SMILES string of the molecule is CS(=O)(=O)Nn1c(=O)[nH]c2cc(C(F)(F)F)c(-n3ccc(C#N)c3)cc2c1=O. The van der Waals surface area contributed by atoms with E-state index in [4.69, 9.17) is 5.26 Å². The number of rotatable bonds is 3. The summed E-state index contributed by atoms with van der Waals surface area (Å²) >= 11 is 0. The first-order chi connectivity index (χ1) is 12.9. The van der Waals surface area contributed by atoms with E-state index in [9.17, 15) is 31.2 Å². The van der Waals surface area contributed by atoms with Gasteiger partial charge >= 0.3 is 11.9 Å². The number of nitrogens with zero attached hydrogens (tertiary/aromatic N) is 3. The fraction of sp³-hybridized carbons (Fsp3) is 0.133. The molecular weight excluding hydrogens is 403 g/mol. The van der Waals surface area contributed by atoms with E-state index >= 15 is 0 Å². The van der Waals surface area contributed by atoms with Crippen LogP contribution in [0, 0.1) is 11.3 Å². The third-order valence-corrected chi connectivity index (χ3v) is 4.19. The van der Waals surface area contributed by atoms with Gasteiger partial charge in [0.05, 0.1) is 34.0 Å². The van der Waals surface area contributed by atoms with Crippen molar-refractivity contribution in [3.63, 3.8) is 0 Å². The second-order valence-corrected chi connectivity index (χ2v) is 7.49. The van der Waals surface area contributed by atoms with Gasteiger partial charge in [0, 0.05) is 12.4 Å². The van der Waals surface area contributed by atoms with Gasteiger partial charge < -0.3 is 9.55 Å². The van der Waals surface area contributed by atoms with E-state index in [1.807, 2.05) is 4.98 Å². The Bertz CT molecular complexity index is 1360. The minimum absolute atomic E-state index is 0.0887. The topological polar surface area (TPSA) is 130 Å². The maximum Gasteiger partial charge on any atom is 0.418 e. The Balaban J connectivity index is 2.40. The van der Waals surface area contributed by atoms with Gasteiger partial charge in [0.1, 0.15) is 6.07 Å². The van der Waals surface area contributed by atoms with Gasteiger partial charge in [0.2, 0.25) is 10.0 Å². The lowest BCUT2D eigenvalue weighted by atomic mass is 10.1. The molecule has 3 rings (SSSR count). The Kier molecular flexibility index (Phi) is 4.31. The Hall–Kier alpha value is -3.53. The van der Waals surface area contributed by atoms with Crippen molar-refractivity contribution >= 4 is 20.9 Å². The quantitative estimate of drug-likeness (QED) is 0.658. The molecule has 0 atom stereocenters. The molecule has 28 heavy (non-hydrogen) atoms. The van der Waals surface area contributed by atoms with Gasteiger partial charge in [0.25, 0.3) is 5.56 Å². The molecule has 2 heterocycles. The molecule has 0 radical (unpaired) electrons. The van der Waals surface area contributed by atoms with E-state index in [0.29, 0.717) is 12.3 Å². The summed E-state index contributed by atoms with van der Waals surface area (Å²) < 4.78 is 64.4. The number of fused-ring (bicyclic) bond motifs is 1. The lowest BCUT2D eigenvalue weighted by Crippen LogP contribution is -2.43. The van der Waals surface area contributed by atoms with Crippen LogP contribution in [-0.4, -0.2) is 28.9 Å². The molecule has 0 aliphatic rings. The lowest BCUT2D eigenvalue weighted by molar-refractivity contribution is -0.137. The van der Waals surface area contributed by atoms with Crippen LogP contribution in [0.2, 0.25) is 0 Å². The van der Waals surface area contributed by atoms with Gasteiger partial charge in [-0.1, -0.05) is 0 Å². The fourth-order valence-electron chi connectivity index (χ4n) is 2.55. The predicted molar refractivity (Wildman–Crippen MR) is 92.1 cm³/mol. The summed E-state index contributed by atoms with van der Waals surface area (Å²) in [7, 11) is -4.01. The zero-order valence-electron chi connectivity index (χ0n) is 13.9. The van der Waals surface area contributed by atoms with E-state index in [1.165, 1.54) is 12.3 Å². The molecule has 2 N–H and O–H groups in total. The van der Waals surface area contributed by atoms with Crippen molar-refractivity contribution in [3.8, 4) is 11.8 Å². The van der Waals surface area contributed by atoms with Crippen LogP contribution in [0.4, 0.5) is 13.2 Å². The summed E-state index contributed by atoms with van der Waals surface area (Å²) in [6.07, 6.45) is -1.80. The molecule has 0 saturated heterocycles. The highest BCUT2D eigenvalue weighted by Crippen LogP contribution is 2.35. The van der Waals surface area contributed by atoms with Crippen LogP contribution in [0.1, 0.15) is 11.1 Å². The van der Waals surface area contributed by atoms with Gasteiger partial charge in [0.15, 0.2) is 0 Å². The summed E-state index contributed by atoms with van der Waals surface area (Å²) in [4.78, 5) is 28.2. The molecule has 0 amide bonds. The summed E-state index contributed by atoms with van der Waals surface area (Å²) in [6, 6.07) is 4.49. The number of hydrogen-bond donors (Lipinski definition) is 2. The number of nitriles is 1. The maximum absolute atomic E-state index is 13.5. The monoisotopic (exact) mass is 413 g/mol. The molecule has 0 aliphatic carbocycles. The molecular formula is C15H10F3N5O4S. The average Bonchev–Trinajstić information content (AvgIpc) is 3.05. The van der Waals surface area contributed by atoms with Crippen molar-refractivity contribution in [2.75, 3.05) is 11.1 Å². The van der Waals surface area contributed by atoms with Crippen molar-refractivity contribution in [2.24, 2.45) is 0 Å². The molecule has 0 aliphatic heterocycles. The molecule has 9 nitrogen and oxygen atoms in total. The van der Waals surface area contributed by atoms with Gasteiger partial charge in [-0.3, -0.25) is 4.79 Å². The molecule has 146 valence electrons. The number of H-pyrrole nitrogens is 1. The molecule has 0 unspecified atom stereocenters. The highest BCUT2D eigenvalue weighted by molar-refractivity contribution is 7.91. The van der Waals surface area contributed by atoms with Crippen LogP contribution in [0.3, 0.4) is 0 Å². The van der Waals surface area contributed by atoms with Gasteiger partial charge in [-0.25, -0.2) is 18.0 Å². The predicted octanol–water partition coefficient (Wildman–Crippen LogP) is 0.874. The Labute approximate surface area is 154 Å². The van der Waals surface area contributed by atoms with E-state index in [-0.39, 0.29) is 15.6 Å². The largest absolute Gasteiger partial charge is 0.418 e. The van der Waals surface area contributed by atoms with Crippen LogP contribution in [-0.2, 0) is 16.2 Å². The Morgan fingerprint density at radius 3 is 2.46 bits per heavy atom. The molecule has 0 saturated carbocycles. The summed E-state index contributed by atoms with van der Waals surface area (Å²) in [5.74, 6) is 0. The Morgan fingerprint density at radius 1 is 1.25 bits per heavy atom. The number of sulfonamides is 1. The molecule has 0 spiro atoms. The first kappa shape index (κ1) is 19.2. The summed E-state index contributed by atoms with van der Waals surface area (Å²) in [6.45, 7) is 0. The van der Waals surface area contributed by atoms with Gasteiger partial charge in [-0.15, -0.1) is 0 Å². The number of aromatic amines is 1. The number of aromatic nitrogens is 3. The zero-order chi connectivity index (χ0) is 20.9. The van der Waals surface area contributed by atoms with Gasteiger partial charge in [-0.2, -0.15) is 23.1 Å². The minimum atomic E-state index is -4.84. The normalized spacial score (nSPS) is 12.1. The van der Waals surface area contributed by atoms with Crippen LogP contribution < -0.4 is 16.1 Å². The van der Waals surface area contributed by atoms with E-state index < -0.39 is 44.2 Å². The molecule has 3 aromatic rings. The maximum atomic E-state index is 13.5. The number of nitrogens with one attached hydrogen (secondary N) is 2. The molecule has 1 aromatic carbocycles. The van der Waals surface area contributed by atoms with Crippen molar-refractivity contribution in [2.45, 2.75) is 6.18 Å². The lowest BCUT2D eigenvalue weighted by Gasteiger charge is -2.15. The zero-order valence-corrected chi connectivity index (χ0v) is 14.7. The fourth-order valence-corrected chi connectivity index (χ4v) is 3.05. The van der Waals surface area contributed by atoms with Crippen LogP contribution in [0.5, 0.6) is 0 Å². The highest BCUT2D eigenvalue weighted by Gasteiger charge is 2.35. The van der Waals surface area contributed by atoms with Crippen molar-refractivity contribution < 1.29 is 21.6 Å². The number of hydrogen-bond acceptors (Lipinski definition) is 5. The molecule has 0 bridgehead atoms. The number of benzene rings is 1. The third kappa shape index (κ3) is 3.49. The second kappa shape index (κ2) is 6.27. The second-order valence-electron chi connectivity index (χ2n) is 5.77. The van der Waals surface area contributed by atoms with Gasteiger partial charge in [-0.05, 0) is 18.2 Å². The molecule has 2 aromatic heterocycles. The van der Waals surface area contributed by atoms with Crippen molar-refractivity contribution in [1.29, 1.82) is 5.26 Å². The smallest absolute Gasteiger partial charge is 0.322 e. The third-order valence-electron chi connectivity index (χ3n) is 3.68. The van der Waals surface area contributed by atoms with E-state index in [0.717, 1.165) is 16.8 Å². The Morgan fingerprint density at radius 2 is 1.93 bits per heavy atom. The van der Waals surface area contributed by atoms with Crippen molar-refractivity contribution in [1.82, 2.24) is 14.2 Å². The summed E-state index contributed by atoms with van der Waals surface area (Å²) in [5, 5.41) is 8.50. The standard InChI is InChI=1S/C15H10F3N5O4S/c1-28(26,27)21-23-13(24)9-4-12(22-3-2-8(6-19)7-22)10(15(16,17)18)5-11(9)20-14(23)25/h2-5,7,21H,1H3,(H,20,25). The average molecular weight is 413 g/mol. The first-order valence-electron chi connectivity index (χ1n) is 7.37. The van der Waals surface area contributed by atoms with Crippen LogP contribution >= 0.6 is 0 Å². The van der Waals surface area contributed by atoms with Crippen LogP contribution in [0.15, 0.2) is 40.2 Å². The number of halogens is 3. The van der Waals surface area contributed by atoms with Crippen molar-refractivity contribution in [3.05, 3.63) is 62.6 Å². The van der Waals surface area contributed by atoms with E-state index in [1.54, 1.807) is 10.9 Å². The molecule has 0 fully saturated rings. The molecule has 13 heteroatoms. The minimum Gasteiger partial charge on any atom is -0.322 e. The van der Waals surface area contributed by atoms with E-state index in [2.05, 4.69) is 0 Å².